The molecule has 1 aliphatic rings. The maximum atomic E-state index is 12.8. The van der Waals surface area contributed by atoms with E-state index in [1.54, 1.807) is 30.5 Å². The SMILES string of the molecule is CC(NC(=O)c1ccccc1NC(=O)CSc1nccn1C1CC1)c1ccccc1. The molecule has 1 fully saturated rings. The number of carbonyl (C=O) groups is 2. The summed E-state index contributed by atoms with van der Waals surface area (Å²) < 4.78 is 2.13. The molecule has 1 aliphatic carbocycles. The monoisotopic (exact) mass is 420 g/mol. The van der Waals surface area contributed by atoms with Crippen LogP contribution in [0.1, 0.15) is 47.8 Å². The van der Waals surface area contributed by atoms with E-state index >= 15 is 0 Å². The standard InChI is InChI=1S/C23H24N4O2S/c1-16(17-7-3-2-4-8-17)25-22(29)19-9-5-6-10-20(19)26-21(28)15-30-23-24-13-14-27(23)18-11-12-18/h2-10,13-14,16,18H,11-12,15H2,1H3,(H,25,29)(H,26,28). The van der Waals surface area contributed by atoms with E-state index in [4.69, 9.17) is 0 Å². The van der Waals surface area contributed by atoms with Crippen LogP contribution in [0.5, 0.6) is 0 Å². The van der Waals surface area contributed by atoms with Gasteiger partial charge in [-0.25, -0.2) is 4.98 Å². The summed E-state index contributed by atoms with van der Waals surface area (Å²) in [5.74, 6) is -0.152. The largest absolute Gasteiger partial charge is 0.345 e. The van der Waals surface area contributed by atoms with E-state index in [0.717, 1.165) is 10.7 Å². The Morgan fingerprint density at radius 1 is 1.13 bits per heavy atom. The molecule has 0 spiro atoms. The highest BCUT2D eigenvalue weighted by molar-refractivity contribution is 7.99. The zero-order valence-electron chi connectivity index (χ0n) is 16.7. The number of hydrogen-bond donors (Lipinski definition) is 2. The number of aromatic nitrogens is 2. The van der Waals surface area contributed by atoms with Gasteiger partial charge in [0, 0.05) is 18.4 Å². The van der Waals surface area contributed by atoms with Crippen molar-refractivity contribution in [1.29, 1.82) is 0 Å². The molecule has 0 saturated heterocycles. The minimum absolute atomic E-state index is 0.140. The highest BCUT2D eigenvalue weighted by Gasteiger charge is 2.25. The average molecular weight is 421 g/mol. The minimum atomic E-state index is -0.223. The molecule has 0 radical (unpaired) electrons. The lowest BCUT2D eigenvalue weighted by atomic mass is 10.1. The lowest BCUT2D eigenvalue weighted by Crippen LogP contribution is -2.28. The smallest absolute Gasteiger partial charge is 0.253 e. The van der Waals surface area contributed by atoms with Gasteiger partial charge in [0.05, 0.1) is 23.0 Å². The van der Waals surface area contributed by atoms with Gasteiger partial charge in [-0.05, 0) is 37.5 Å². The topological polar surface area (TPSA) is 76.0 Å². The van der Waals surface area contributed by atoms with E-state index in [-0.39, 0.29) is 23.6 Å². The number of para-hydroxylation sites is 1. The molecule has 30 heavy (non-hydrogen) atoms. The third-order valence-corrected chi connectivity index (χ3v) is 5.98. The Labute approximate surface area is 180 Å². The first-order chi connectivity index (χ1) is 14.6. The molecule has 0 aliphatic heterocycles. The van der Waals surface area contributed by atoms with Crippen LogP contribution >= 0.6 is 11.8 Å². The van der Waals surface area contributed by atoms with Gasteiger partial charge in [0.25, 0.3) is 5.91 Å². The average Bonchev–Trinajstić information content (AvgIpc) is 3.50. The number of hydrogen-bond acceptors (Lipinski definition) is 4. The molecule has 2 aromatic carbocycles. The Hall–Kier alpha value is -3.06. The highest BCUT2D eigenvalue weighted by Crippen LogP contribution is 2.37. The number of nitrogens with zero attached hydrogens (tertiary/aromatic N) is 2. The normalized spacial score (nSPS) is 14.2. The van der Waals surface area contributed by atoms with Crippen molar-refractivity contribution in [3.05, 3.63) is 78.1 Å². The molecule has 1 unspecified atom stereocenters. The summed E-state index contributed by atoms with van der Waals surface area (Å²) >= 11 is 1.41. The second-order valence-corrected chi connectivity index (χ2v) is 8.28. The Morgan fingerprint density at radius 3 is 2.63 bits per heavy atom. The second-order valence-electron chi connectivity index (χ2n) is 7.34. The molecule has 2 amide bonds. The number of nitrogens with one attached hydrogen (secondary N) is 2. The van der Waals surface area contributed by atoms with Gasteiger partial charge in [-0.2, -0.15) is 0 Å². The van der Waals surface area contributed by atoms with Gasteiger partial charge in [-0.15, -0.1) is 0 Å². The van der Waals surface area contributed by atoms with Gasteiger partial charge in [0.15, 0.2) is 5.16 Å². The van der Waals surface area contributed by atoms with E-state index in [0.29, 0.717) is 17.3 Å². The molecule has 6 nitrogen and oxygen atoms in total. The Balaban J connectivity index is 1.38. The van der Waals surface area contributed by atoms with E-state index in [1.807, 2.05) is 43.5 Å². The molecule has 154 valence electrons. The van der Waals surface area contributed by atoms with Gasteiger partial charge in [0.1, 0.15) is 0 Å². The summed E-state index contributed by atoms with van der Waals surface area (Å²) in [7, 11) is 0. The molecule has 1 saturated carbocycles. The Bertz CT molecular complexity index is 1030. The fourth-order valence-electron chi connectivity index (χ4n) is 3.25. The summed E-state index contributed by atoms with van der Waals surface area (Å²) in [4.78, 5) is 29.7. The number of thioether (sulfide) groups is 1. The summed E-state index contributed by atoms with van der Waals surface area (Å²) in [5.41, 5.74) is 1.97. The lowest BCUT2D eigenvalue weighted by Gasteiger charge is -2.16. The van der Waals surface area contributed by atoms with Gasteiger partial charge in [-0.3, -0.25) is 9.59 Å². The number of rotatable bonds is 8. The van der Waals surface area contributed by atoms with Crippen molar-refractivity contribution in [3.8, 4) is 0 Å². The predicted octanol–water partition coefficient (Wildman–Crippen LogP) is 4.44. The molecular weight excluding hydrogens is 396 g/mol. The van der Waals surface area contributed by atoms with Gasteiger partial charge < -0.3 is 15.2 Å². The Morgan fingerprint density at radius 2 is 1.87 bits per heavy atom. The summed E-state index contributed by atoms with van der Waals surface area (Å²) in [6, 6.07) is 17.2. The fourth-order valence-corrected chi connectivity index (χ4v) is 4.07. The van der Waals surface area contributed by atoms with Gasteiger partial charge >= 0.3 is 0 Å². The molecule has 1 aromatic heterocycles. The van der Waals surface area contributed by atoms with Crippen molar-refractivity contribution in [2.24, 2.45) is 0 Å². The van der Waals surface area contributed by atoms with Crippen LogP contribution in [0, 0.1) is 0 Å². The van der Waals surface area contributed by atoms with Crippen LogP contribution in [0.25, 0.3) is 0 Å². The van der Waals surface area contributed by atoms with E-state index in [1.165, 1.54) is 24.6 Å². The quantitative estimate of drug-likeness (QED) is 0.528. The van der Waals surface area contributed by atoms with Crippen LogP contribution in [-0.4, -0.2) is 27.1 Å². The molecule has 1 atom stereocenters. The highest BCUT2D eigenvalue weighted by atomic mass is 32.2. The molecule has 4 rings (SSSR count). The summed E-state index contributed by atoms with van der Waals surface area (Å²) in [5, 5.41) is 6.73. The maximum absolute atomic E-state index is 12.8. The van der Waals surface area contributed by atoms with Crippen LogP contribution in [0.15, 0.2) is 72.1 Å². The zero-order valence-corrected chi connectivity index (χ0v) is 17.6. The molecule has 0 bridgehead atoms. The van der Waals surface area contributed by atoms with E-state index < -0.39 is 0 Å². The van der Waals surface area contributed by atoms with Crippen LogP contribution in [-0.2, 0) is 4.79 Å². The van der Waals surface area contributed by atoms with Crippen molar-refractivity contribution < 1.29 is 9.59 Å². The number of amides is 2. The predicted molar refractivity (Wildman–Crippen MR) is 119 cm³/mol. The van der Waals surface area contributed by atoms with E-state index in [2.05, 4.69) is 20.2 Å². The first-order valence-electron chi connectivity index (χ1n) is 10.0. The van der Waals surface area contributed by atoms with Crippen molar-refractivity contribution >= 4 is 29.3 Å². The van der Waals surface area contributed by atoms with E-state index in [9.17, 15) is 9.59 Å². The zero-order chi connectivity index (χ0) is 20.9. The van der Waals surface area contributed by atoms with Gasteiger partial charge in [-0.1, -0.05) is 54.2 Å². The molecule has 2 N–H and O–H groups in total. The number of carbonyl (C=O) groups excluding carboxylic acids is 2. The molecule has 3 aromatic rings. The maximum Gasteiger partial charge on any atom is 0.253 e. The van der Waals surface area contributed by atoms with Gasteiger partial charge in [0.2, 0.25) is 5.91 Å². The van der Waals surface area contributed by atoms with Crippen molar-refractivity contribution in [2.75, 3.05) is 11.1 Å². The van der Waals surface area contributed by atoms with Crippen molar-refractivity contribution in [2.45, 2.75) is 37.0 Å². The fraction of sp³-hybridized carbons (Fsp3) is 0.261. The third kappa shape index (κ3) is 4.91. The lowest BCUT2D eigenvalue weighted by molar-refractivity contribution is -0.113. The molecular formula is C23H24N4O2S. The summed E-state index contributed by atoms with van der Waals surface area (Å²) in [6.07, 6.45) is 6.07. The first kappa shape index (κ1) is 20.2. The van der Waals surface area contributed by atoms with Crippen LogP contribution < -0.4 is 10.6 Å². The summed E-state index contributed by atoms with van der Waals surface area (Å²) in [6.45, 7) is 1.94. The van der Waals surface area contributed by atoms with Crippen LogP contribution in [0.4, 0.5) is 5.69 Å². The third-order valence-electron chi connectivity index (χ3n) is 5.00. The number of imidazole rings is 1. The number of benzene rings is 2. The molecule has 7 heteroatoms. The first-order valence-corrected chi connectivity index (χ1v) is 11.0. The minimum Gasteiger partial charge on any atom is -0.345 e. The molecule has 1 heterocycles. The Kier molecular flexibility index (Phi) is 6.18. The van der Waals surface area contributed by atoms with Crippen LogP contribution in [0.2, 0.25) is 0 Å². The van der Waals surface area contributed by atoms with Crippen LogP contribution in [0.3, 0.4) is 0 Å². The second kappa shape index (κ2) is 9.17. The van der Waals surface area contributed by atoms with Crippen molar-refractivity contribution in [3.63, 3.8) is 0 Å². The van der Waals surface area contributed by atoms with Crippen molar-refractivity contribution in [1.82, 2.24) is 14.9 Å². The number of anilines is 1.